The Kier molecular flexibility index (Phi) is 7.03. The van der Waals surface area contributed by atoms with Crippen molar-refractivity contribution < 1.29 is 24.0 Å². The van der Waals surface area contributed by atoms with Crippen molar-refractivity contribution in [3.63, 3.8) is 0 Å². The molecule has 0 bridgehead atoms. The summed E-state index contributed by atoms with van der Waals surface area (Å²) in [5.74, 6) is -0.947. The van der Waals surface area contributed by atoms with Gasteiger partial charge in [-0.1, -0.05) is 6.92 Å². The first-order valence-corrected chi connectivity index (χ1v) is 10.1. The van der Waals surface area contributed by atoms with Crippen molar-refractivity contribution in [1.29, 1.82) is 0 Å². The van der Waals surface area contributed by atoms with Crippen molar-refractivity contribution in [1.82, 2.24) is 4.90 Å². The van der Waals surface area contributed by atoms with Crippen LogP contribution in [0.15, 0.2) is 18.2 Å². The van der Waals surface area contributed by atoms with Crippen LogP contribution in [0.25, 0.3) is 0 Å². The van der Waals surface area contributed by atoms with Crippen molar-refractivity contribution >= 4 is 23.3 Å². The number of carbonyl (C=O) groups excluding carboxylic acids is 2. The summed E-state index contributed by atoms with van der Waals surface area (Å²) >= 11 is 0. The van der Waals surface area contributed by atoms with E-state index in [1.165, 1.54) is 12.1 Å². The number of ether oxygens (including phenoxy) is 2. The fourth-order valence-electron chi connectivity index (χ4n) is 3.92. The number of anilines is 1. The Labute approximate surface area is 169 Å². The molecule has 2 saturated heterocycles. The van der Waals surface area contributed by atoms with Gasteiger partial charge in [0, 0.05) is 37.8 Å². The molecule has 1 amide bonds. The van der Waals surface area contributed by atoms with Crippen molar-refractivity contribution in [2.75, 3.05) is 44.4 Å². The maximum atomic E-state index is 12.7. The number of rotatable bonds is 6. The van der Waals surface area contributed by atoms with Crippen LogP contribution in [0.5, 0.6) is 0 Å². The second-order valence-electron chi connectivity index (χ2n) is 7.28. The molecule has 3 rings (SSSR count). The molecule has 0 aromatic heterocycles. The molecule has 1 aromatic rings. The molecule has 29 heavy (non-hydrogen) atoms. The summed E-state index contributed by atoms with van der Waals surface area (Å²) in [5, 5.41) is 11.2. The molecule has 9 heteroatoms. The lowest BCUT2D eigenvalue weighted by Gasteiger charge is -2.35. The highest BCUT2D eigenvalue weighted by Gasteiger charge is 2.27. The monoisotopic (exact) mass is 405 g/mol. The van der Waals surface area contributed by atoms with Crippen molar-refractivity contribution in [2.45, 2.75) is 38.6 Å². The van der Waals surface area contributed by atoms with Gasteiger partial charge >= 0.3 is 5.97 Å². The largest absolute Gasteiger partial charge is 0.452 e. The van der Waals surface area contributed by atoms with Gasteiger partial charge in [-0.3, -0.25) is 14.9 Å². The molecule has 1 atom stereocenters. The zero-order valence-electron chi connectivity index (χ0n) is 16.7. The molecule has 0 radical (unpaired) electrons. The highest BCUT2D eigenvalue weighted by Crippen LogP contribution is 2.27. The SMILES string of the molecule is CCC1CCCCN1C(=O)COC(=O)c1cc([N+](=O)[O-])ccc1N1CCOCC1. The molecule has 2 aliphatic heterocycles. The van der Waals surface area contributed by atoms with Crippen molar-refractivity contribution in [3.8, 4) is 0 Å². The number of carbonyl (C=O) groups is 2. The number of piperidine rings is 1. The standard InChI is InChI=1S/C20H27N3O6/c1-2-15-5-3-4-8-22(15)19(24)14-29-20(25)17-13-16(23(26)27)6-7-18(17)21-9-11-28-12-10-21/h6-7,13,15H,2-5,8-12,14H2,1H3. The summed E-state index contributed by atoms with van der Waals surface area (Å²) in [6.45, 7) is 4.52. The number of hydrogen-bond donors (Lipinski definition) is 0. The zero-order valence-corrected chi connectivity index (χ0v) is 16.7. The Morgan fingerprint density at radius 1 is 1.24 bits per heavy atom. The number of morpholine rings is 1. The lowest BCUT2D eigenvalue weighted by atomic mass is 10.00. The van der Waals surface area contributed by atoms with E-state index < -0.39 is 10.9 Å². The topological polar surface area (TPSA) is 102 Å². The van der Waals surface area contributed by atoms with E-state index in [0.29, 0.717) is 38.5 Å². The molecule has 0 spiro atoms. The van der Waals surface area contributed by atoms with Gasteiger partial charge in [-0.15, -0.1) is 0 Å². The summed E-state index contributed by atoms with van der Waals surface area (Å²) in [7, 11) is 0. The summed E-state index contributed by atoms with van der Waals surface area (Å²) in [4.78, 5) is 39.7. The van der Waals surface area contributed by atoms with E-state index in [-0.39, 0.29) is 29.8 Å². The number of nitrogens with zero attached hydrogens (tertiary/aromatic N) is 3. The van der Waals surface area contributed by atoms with Gasteiger partial charge in [0.15, 0.2) is 6.61 Å². The Bertz CT molecular complexity index is 763. The maximum absolute atomic E-state index is 12.7. The zero-order chi connectivity index (χ0) is 20.8. The number of non-ortho nitro benzene ring substituents is 1. The molecule has 1 aromatic carbocycles. The predicted octanol–water partition coefficient (Wildman–Crippen LogP) is 2.38. The normalized spacial score (nSPS) is 19.7. The van der Waals surface area contributed by atoms with Crippen LogP contribution in [0.1, 0.15) is 43.0 Å². The van der Waals surface area contributed by atoms with Crippen LogP contribution in [0, 0.1) is 10.1 Å². The second kappa shape index (κ2) is 9.69. The van der Waals surface area contributed by atoms with E-state index in [4.69, 9.17) is 9.47 Å². The number of amides is 1. The molecule has 2 fully saturated rings. The fraction of sp³-hybridized carbons (Fsp3) is 0.600. The van der Waals surface area contributed by atoms with Gasteiger partial charge in [0.2, 0.25) is 0 Å². The first-order chi connectivity index (χ1) is 14.0. The smallest absolute Gasteiger partial charge is 0.341 e. The number of nitro groups is 1. The summed E-state index contributed by atoms with van der Waals surface area (Å²) in [5.41, 5.74) is 0.461. The van der Waals surface area contributed by atoms with Crippen LogP contribution >= 0.6 is 0 Å². The van der Waals surface area contributed by atoms with Crippen molar-refractivity contribution in [3.05, 3.63) is 33.9 Å². The molecule has 2 aliphatic rings. The molecule has 0 saturated carbocycles. The molecule has 9 nitrogen and oxygen atoms in total. The highest BCUT2D eigenvalue weighted by atomic mass is 16.6. The van der Waals surface area contributed by atoms with E-state index in [0.717, 1.165) is 25.7 Å². The van der Waals surface area contributed by atoms with Crippen LogP contribution in [0.3, 0.4) is 0 Å². The third-order valence-corrected chi connectivity index (χ3v) is 5.51. The van der Waals surface area contributed by atoms with Gasteiger partial charge < -0.3 is 19.3 Å². The fourth-order valence-corrected chi connectivity index (χ4v) is 3.92. The van der Waals surface area contributed by atoms with Gasteiger partial charge in [0.05, 0.1) is 29.4 Å². The first kappa shape index (κ1) is 21.0. The van der Waals surface area contributed by atoms with Gasteiger partial charge in [-0.25, -0.2) is 4.79 Å². The Morgan fingerprint density at radius 3 is 2.69 bits per heavy atom. The van der Waals surface area contributed by atoms with Gasteiger partial charge in [0.1, 0.15) is 0 Å². The van der Waals surface area contributed by atoms with Crippen LogP contribution < -0.4 is 4.90 Å². The van der Waals surface area contributed by atoms with Gasteiger partial charge in [-0.05, 0) is 31.7 Å². The summed E-state index contributed by atoms with van der Waals surface area (Å²) < 4.78 is 10.6. The Balaban J connectivity index is 1.73. The summed E-state index contributed by atoms with van der Waals surface area (Å²) in [6, 6.07) is 4.32. The molecule has 0 aliphatic carbocycles. The predicted molar refractivity (Wildman–Crippen MR) is 106 cm³/mol. The average Bonchev–Trinajstić information content (AvgIpc) is 2.77. The van der Waals surface area contributed by atoms with Crippen LogP contribution in [-0.2, 0) is 14.3 Å². The number of likely N-dealkylation sites (tertiary alicyclic amines) is 1. The third-order valence-electron chi connectivity index (χ3n) is 5.51. The first-order valence-electron chi connectivity index (χ1n) is 10.1. The Morgan fingerprint density at radius 2 is 2.00 bits per heavy atom. The minimum Gasteiger partial charge on any atom is -0.452 e. The second-order valence-corrected chi connectivity index (χ2v) is 7.28. The average molecular weight is 405 g/mol. The number of esters is 1. The van der Waals surface area contributed by atoms with E-state index in [9.17, 15) is 19.7 Å². The molecule has 1 unspecified atom stereocenters. The van der Waals surface area contributed by atoms with Crippen molar-refractivity contribution in [2.24, 2.45) is 0 Å². The lowest BCUT2D eigenvalue weighted by Crippen LogP contribution is -2.45. The van der Waals surface area contributed by atoms with Crippen LogP contribution in [0.4, 0.5) is 11.4 Å². The van der Waals surface area contributed by atoms with E-state index in [1.54, 1.807) is 11.0 Å². The van der Waals surface area contributed by atoms with Gasteiger partial charge in [0.25, 0.3) is 11.6 Å². The van der Waals surface area contributed by atoms with Crippen LogP contribution in [-0.4, -0.2) is 67.2 Å². The number of nitro benzene ring substituents is 1. The highest BCUT2D eigenvalue weighted by molar-refractivity contribution is 5.97. The third kappa shape index (κ3) is 5.03. The van der Waals surface area contributed by atoms with E-state index in [2.05, 4.69) is 0 Å². The quantitative estimate of drug-likeness (QED) is 0.407. The Hall–Kier alpha value is -2.68. The van der Waals surface area contributed by atoms with E-state index in [1.807, 2.05) is 11.8 Å². The molecule has 158 valence electrons. The molecular weight excluding hydrogens is 378 g/mol. The maximum Gasteiger partial charge on any atom is 0.341 e. The minimum absolute atomic E-state index is 0.0968. The molecular formula is C20H27N3O6. The molecule has 0 N–H and O–H groups in total. The lowest BCUT2D eigenvalue weighted by molar-refractivity contribution is -0.384. The number of hydrogen-bond acceptors (Lipinski definition) is 7. The summed E-state index contributed by atoms with van der Waals surface area (Å²) in [6.07, 6.45) is 3.87. The van der Waals surface area contributed by atoms with E-state index >= 15 is 0 Å². The minimum atomic E-state index is -0.728. The van der Waals surface area contributed by atoms with Crippen LogP contribution in [0.2, 0.25) is 0 Å². The number of benzene rings is 1. The van der Waals surface area contributed by atoms with Gasteiger partial charge in [-0.2, -0.15) is 0 Å². The molecule has 2 heterocycles.